The van der Waals surface area contributed by atoms with Crippen LogP contribution in [0.2, 0.25) is 0 Å². The first kappa shape index (κ1) is 15.1. The van der Waals surface area contributed by atoms with Crippen molar-refractivity contribution in [2.75, 3.05) is 25.1 Å². The van der Waals surface area contributed by atoms with E-state index in [4.69, 9.17) is 10.5 Å². The molecule has 3 rings (SSSR count). The van der Waals surface area contributed by atoms with Crippen molar-refractivity contribution in [2.24, 2.45) is 0 Å². The highest BCUT2D eigenvalue weighted by Gasteiger charge is 2.27. The minimum absolute atomic E-state index is 0.125. The van der Waals surface area contributed by atoms with Crippen molar-refractivity contribution < 1.29 is 13.2 Å². The number of aromatic nitrogens is 1. The molecule has 0 aliphatic carbocycles. The smallest absolute Gasteiger partial charge is 0.211 e. The van der Waals surface area contributed by atoms with Crippen LogP contribution in [-0.4, -0.2) is 43.2 Å². The third-order valence-corrected chi connectivity index (χ3v) is 5.15. The number of piperidine rings is 1. The summed E-state index contributed by atoms with van der Waals surface area (Å²) in [7, 11) is -3.16. The molecule has 1 aliphatic heterocycles. The van der Waals surface area contributed by atoms with Crippen LogP contribution in [0.3, 0.4) is 0 Å². The number of nitrogen functional groups attached to an aromatic ring is 1. The minimum atomic E-state index is -3.16. The van der Waals surface area contributed by atoms with E-state index < -0.39 is 10.0 Å². The zero-order valence-electron chi connectivity index (χ0n) is 12.4. The quantitative estimate of drug-likeness (QED) is 0.928. The van der Waals surface area contributed by atoms with Crippen molar-refractivity contribution >= 4 is 26.6 Å². The number of benzene rings is 1. The molecule has 1 aliphatic rings. The number of nitrogens with two attached hydrogens (primary N) is 1. The van der Waals surface area contributed by atoms with Gasteiger partial charge in [-0.25, -0.2) is 13.4 Å². The molecule has 1 aromatic carbocycles. The molecule has 0 amide bonds. The summed E-state index contributed by atoms with van der Waals surface area (Å²) in [6.07, 6.45) is 4.43. The number of sulfonamides is 1. The highest BCUT2D eigenvalue weighted by Crippen LogP contribution is 2.26. The maximum Gasteiger partial charge on any atom is 0.211 e. The van der Waals surface area contributed by atoms with Gasteiger partial charge in [0.25, 0.3) is 0 Å². The van der Waals surface area contributed by atoms with Crippen molar-refractivity contribution in [2.45, 2.75) is 18.9 Å². The van der Waals surface area contributed by atoms with E-state index >= 15 is 0 Å². The largest absolute Gasteiger partial charge is 0.489 e. The average molecular weight is 321 g/mol. The SMILES string of the molecule is CS(=O)(=O)N1CCC[C@H](Oc2ccc3c(N)nccc3c2)C1. The van der Waals surface area contributed by atoms with E-state index in [2.05, 4.69) is 4.98 Å². The van der Waals surface area contributed by atoms with Crippen LogP contribution in [-0.2, 0) is 10.0 Å². The van der Waals surface area contributed by atoms with Gasteiger partial charge in [-0.15, -0.1) is 0 Å². The van der Waals surface area contributed by atoms with Gasteiger partial charge in [0.15, 0.2) is 0 Å². The molecule has 2 N–H and O–H groups in total. The van der Waals surface area contributed by atoms with E-state index in [1.807, 2.05) is 24.3 Å². The van der Waals surface area contributed by atoms with Crippen LogP contribution < -0.4 is 10.5 Å². The number of fused-ring (bicyclic) bond motifs is 1. The van der Waals surface area contributed by atoms with Crippen molar-refractivity contribution in [1.29, 1.82) is 0 Å². The van der Waals surface area contributed by atoms with Crippen LogP contribution in [0.1, 0.15) is 12.8 Å². The molecule has 7 heteroatoms. The Labute approximate surface area is 129 Å². The monoisotopic (exact) mass is 321 g/mol. The fourth-order valence-corrected chi connectivity index (χ4v) is 3.65. The van der Waals surface area contributed by atoms with E-state index in [-0.39, 0.29) is 6.10 Å². The van der Waals surface area contributed by atoms with Crippen molar-refractivity contribution in [3.8, 4) is 5.75 Å². The summed E-state index contributed by atoms with van der Waals surface area (Å²) >= 11 is 0. The molecule has 22 heavy (non-hydrogen) atoms. The van der Waals surface area contributed by atoms with Gasteiger partial charge in [-0.2, -0.15) is 4.31 Å². The summed E-state index contributed by atoms with van der Waals surface area (Å²) in [6, 6.07) is 7.51. The lowest BCUT2D eigenvalue weighted by atomic mass is 10.1. The molecule has 0 saturated carbocycles. The Hall–Kier alpha value is -1.86. The highest BCUT2D eigenvalue weighted by molar-refractivity contribution is 7.88. The number of pyridine rings is 1. The second-order valence-electron chi connectivity index (χ2n) is 5.58. The van der Waals surface area contributed by atoms with Crippen molar-refractivity contribution in [1.82, 2.24) is 9.29 Å². The Morgan fingerprint density at radius 2 is 2.18 bits per heavy atom. The molecule has 2 heterocycles. The summed E-state index contributed by atoms with van der Waals surface area (Å²) in [5.74, 6) is 1.21. The predicted octanol–water partition coefficient (Wildman–Crippen LogP) is 1.62. The molecular weight excluding hydrogens is 302 g/mol. The summed E-state index contributed by atoms with van der Waals surface area (Å²) in [5, 5.41) is 1.84. The molecule has 1 fully saturated rings. The third kappa shape index (κ3) is 3.15. The standard InChI is InChI=1S/C15H19N3O3S/c1-22(19,20)18-8-2-3-13(10-18)21-12-4-5-14-11(9-12)6-7-17-15(14)16/h4-7,9,13H,2-3,8,10H2,1H3,(H2,16,17)/t13-/m0/s1. The average Bonchev–Trinajstić information content (AvgIpc) is 2.47. The molecule has 0 unspecified atom stereocenters. The number of rotatable bonds is 3. The fourth-order valence-electron chi connectivity index (χ4n) is 2.75. The molecule has 1 atom stereocenters. The summed E-state index contributed by atoms with van der Waals surface area (Å²) in [5.41, 5.74) is 5.83. The van der Waals surface area contributed by atoms with Gasteiger partial charge in [0, 0.05) is 18.1 Å². The maximum atomic E-state index is 11.6. The van der Waals surface area contributed by atoms with Gasteiger partial charge in [0.2, 0.25) is 10.0 Å². The van der Waals surface area contributed by atoms with E-state index in [9.17, 15) is 8.42 Å². The minimum Gasteiger partial charge on any atom is -0.489 e. The number of anilines is 1. The summed E-state index contributed by atoms with van der Waals surface area (Å²) < 4.78 is 30.7. The van der Waals surface area contributed by atoms with Gasteiger partial charge in [-0.1, -0.05) is 0 Å². The third-order valence-electron chi connectivity index (χ3n) is 3.88. The first-order valence-electron chi connectivity index (χ1n) is 7.19. The van der Waals surface area contributed by atoms with Gasteiger partial charge in [-0.05, 0) is 42.5 Å². The van der Waals surface area contributed by atoms with Crippen molar-refractivity contribution in [3.63, 3.8) is 0 Å². The van der Waals surface area contributed by atoms with Gasteiger partial charge in [-0.3, -0.25) is 0 Å². The van der Waals surface area contributed by atoms with Crippen LogP contribution >= 0.6 is 0 Å². The predicted molar refractivity (Wildman–Crippen MR) is 86.2 cm³/mol. The van der Waals surface area contributed by atoms with E-state index in [1.54, 1.807) is 6.20 Å². The van der Waals surface area contributed by atoms with Crippen LogP contribution in [0, 0.1) is 0 Å². The van der Waals surface area contributed by atoms with E-state index in [0.29, 0.717) is 18.9 Å². The molecule has 118 valence electrons. The molecule has 0 spiro atoms. The Bertz CT molecular complexity index is 792. The number of ether oxygens (including phenoxy) is 1. The topological polar surface area (TPSA) is 85.5 Å². The molecule has 0 bridgehead atoms. The highest BCUT2D eigenvalue weighted by atomic mass is 32.2. The Kier molecular flexibility index (Phi) is 3.92. The number of hydrogen-bond acceptors (Lipinski definition) is 5. The zero-order valence-corrected chi connectivity index (χ0v) is 13.2. The van der Waals surface area contributed by atoms with Gasteiger partial charge < -0.3 is 10.5 Å². The first-order chi connectivity index (χ1) is 10.4. The van der Waals surface area contributed by atoms with E-state index in [0.717, 1.165) is 29.4 Å². The molecule has 6 nitrogen and oxygen atoms in total. The second-order valence-corrected chi connectivity index (χ2v) is 7.56. The molecule has 1 aromatic heterocycles. The zero-order chi connectivity index (χ0) is 15.7. The molecule has 1 saturated heterocycles. The lowest BCUT2D eigenvalue weighted by molar-refractivity contribution is 0.130. The Morgan fingerprint density at radius 3 is 2.95 bits per heavy atom. The number of nitrogens with zero attached hydrogens (tertiary/aromatic N) is 2. The molecule has 0 radical (unpaired) electrons. The summed E-state index contributed by atoms with van der Waals surface area (Å²) in [4.78, 5) is 4.05. The maximum absolute atomic E-state index is 11.6. The Balaban J connectivity index is 1.78. The van der Waals surface area contributed by atoms with Crippen LogP contribution in [0.4, 0.5) is 5.82 Å². The second kappa shape index (κ2) is 5.73. The Morgan fingerprint density at radius 1 is 1.36 bits per heavy atom. The first-order valence-corrected chi connectivity index (χ1v) is 9.04. The van der Waals surface area contributed by atoms with Crippen molar-refractivity contribution in [3.05, 3.63) is 30.5 Å². The molecular formula is C15H19N3O3S. The fraction of sp³-hybridized carbons (Fsp3) is 0.400. The number of hydrogen-bond donors (Lipinski definition) is 1. The van der Waals surface area contributed by atoms with Gasteiger partial charge in [0.05, 0.1) is 12.8 Å². The van der Waals surface area contributed by atoms with Crippen LogP contribution in [0.5, 0.6) is 5.75 Å². The van der Waals surface area contributed by atoms with Crippen LogP contribution in [0.25, 0.3) is 10.8 Å². The summed E-state index contributed by atoms with van der Waals surface area (Å²) in [6.45, 7) is 0.966. The van der Waals surface area contributed by atoms with E-state index in [1.165, 1.54) is 10.6 Å². The lowest BCUT2D eigenvalue weighted by Gasteiger charge is -2.31. The van der Waals surface area contributed by atoms with Crippen LogP contribution in [0.15, 0.2) is 30.5 Å². The molecule has 2 aromatic rings. The normalized spacial score (nSPS) is 20.1. The van der Waals surface area contributed by atoms with Gasteiger partial charge in [0.1, 0.15) is 17.7 Å². The van der Waals surface area contributed by atoms with Gasteiger partial charge >= 0.3 is 0 Å². The lowest BCUT2D eigenvalue weighted by Crippen LogP contribution is -2.43.